The highest BCUT2D eigenvalue weighted by Gasteiger charge is 2.13. The lowest BCUT2D eigenvalue weighted by molar-refractivity contribution is 0.218. The molecule has 0 radical (unpaired) electrons. The molecule has 1 N–H and O–H groups in total. The van der Waals surface area contributed by atoms with E-state index in [4.69, 9.17) is 4.74 Å². The summed E-state index contributed by atoms with van der Waals surface area (Å²) in [7, 11) is 0. The predicted octanol–water partition coefficient (Wildman–Crippen LogP) is 3.56. The molecule has 3 aromatic rings. The minimum Gasteiger partial charge on any atom is -0.492 e. The number of rotatable bonds is 5. The van der Waals surface area contributed by atoms with Gasteiger partial charge >= 0.3 is 0 Å². The molecule has 0 aliphatic carbocycles. The zero-order valence-electron chi connectivity index (χ0n) is 11.7. The Labute approximate surface area is 127 Å². The number of ether oxygens (including phenoxy) is 1. The average molecular weight is 300 g/mol. The van der Waals surface area contributed by atoms with Gasteiger partial charge in [-0.15, -0.1) is 11.3 Å². The first-order chi connectivity index (χ1) is 10.3. The normalized spacial score (nSPS) is 12.5. The van der Waals surface area contributed by atoms with E-state index in [1.165, 1.54) is 0 Å². The van der Waals surface area contributed by atoms with E-state index in [0.717, 1.165) is 22.2 Å². The zero-order chi connectivity index (χ0) is 14.7. The summed E-state index contributed by atoms with van der Waals surface area (Å²) < 4.78 is 6.62. The third-order valence-corrected chi connectivity index (χ3v) is 4.02. The van der Waals surface area contributed by atoms with Crippen molar-refractivity contribution in [2.24, 2.45) is 0 Å². The van der Waals surface area contributed by atoms with Crippen LogP contribution >= 0.6 is 11.3 Å². The molecular formula is C16H16N2O2S. The van der Waals surface area contributed by atoms with Crippen LogP contribution in [0.4, 0.5) is 0 Å². The molecule has 0 aliphatic heterocycles. The molecule has 4 nitrogen and oxygen atoms in total. The van der Waals surface area contributed by atoms with Gasteiger partial charge in [-0.05, 0) is 30.0 Å². The second kappa shape index (κ2) is 6.20. The lowest BCUT2D eigenvalue weighted by atomic mass is 10.0. The molecule has 0 aliphatic rings. The van der Waals surface area contributed by atoms with Gasteiger partial charge in [0, 0.05) is 23.5 Å². The Morgan fingerprint density at radius 2 is 2.10 bits per heavy atom. The Morgan fingerprint density at radius 3 is 2.95 bits per heavy atom. The number of hydrogen-bond acceptors (Lipinski definition) is 5. The summed E-state index contributed by atoms with van der Waals surface area (Å²) in [6.07, 6.45) is 5.21. The van der Waals surface area contributed by atoms with E-state index in [1.807, 2.05) is 30.5 Å². The van der Waals surface area contributed by atoms with Crippen LogP contribution in [0, 0.1) is 0 Å². The van der Waals surface area contributed by atoms with Crippen molar-refractivity contribution in [2.75, 3.05) is 6.61 Å². The maximum atomic E-state index is 10.5. The van der Waals surface area contributed by atoms with Crippen molar-refractivity contribution in [3.05, 3.63) is 53.3 Å². The van der Waals surface area contributed by atoms with Crippen molar-refractivity contribution in [1.29, 1.82) is 0 Å². The molecule has 3 heterocycles. The first-order valence-corrected chi connectivity index (χ1v) is 7.75. The molecule has 0 saturated heterocycles. The van der Waals surface area contributed by atoms with Crippen molar-refractivity contribution in [2.45, 2.75) is 19.4 Å². The van der Waals surface area contributed by atoms with Gasteiger partial charge in [0.2, 0.25) is 0 Å². The Bertz CT molecular complexity index is 742. The molecule has 21 heavy (non-hydrogen) atoms. The smallest absolute Gasteiger partial charge is 0.137 e. The fraction of sp³-hybridized carbons (Fsp3) is 0.250. The number of aromatic nitrogens is 2. The minimum atomic E-state index is -0.748. The first-order valence-electron chi connectivity index (χ1n) is 6.87. The first kappa shape index (κ1) is 14.0. The molecule has 5 heteroatoms. The predicted molar refractivity (Wildman–Crippen MR) is 83.7 cm³/mol. The third kappa shape index (κ3) is 3.04. The van der Waals surface area contributed by atoms with Crippen LogP contribution in [0.1, 0.15) is 30.6 Å². The summed E-state index contributed by atoms with van der Waals surface area (Å²) in [6.45, 7) is 2.69. The van der Waals surface area contributed by atoms with Gasteiger partial charge in [-0.1, -0.05) is 6.92 Å². The van der Waals surface area contributed by atoms with Gasteiger partial charge in [-0.2, -0.15) is 0 Å². The molecule has 108 valence electrons. The number of aliphatic hydroxyl groups excluding tert-OH is 1. The van der Waals surface area contributed by atoms with Gasteiger partial charge in [-0.25, -0.2) is 0 Å². The van der Waals surface area contributed by atoms with E-state index < -0.39 is 6.10 Å². The lowest BCUT2D eigenvalue weighted by Crippen LogP contribution is -2.02. The van der Waals surface area contributed by atoms with Gasteiger partial charge in [0.1, 0.15) is 11.9 Å². The van der Waals surface area contributed by atoms with Gasteiger partial charge < -0.3 is 9.84 Å². The Hall–Kier alpha value is -1.98. The summed E-state index contributed by atoms with van der Waals surface area (Å²) in [6, 6.07) is 5.76. The molecule has 0 aromatic carbocycles. The SMILES string of the molecule is CCCOc1cncc(C(O)c2cnc3ccsc3c2)c1. The van der Waals surface area contributed by atoms with Crippen LogP contribution in [0.3, 0.4) is 0 Å². The van der Waals surface area contributed by atoms with E-state index in [9.17, 15) is 5.11 Å². The van der Waals surface area contributed by atoms with Crippen LogP contribution in [-0.4, -0.2) is 21.7 Å². The van der Waals surface area contributed by atoms with Crippen LogP contribution in [0.25, 0.3) is 10.2 Å². The number of thiophene rings is 1. The van der Waals surface area contributed by atoms with Crippen molar-refractivity contribution < 1.29 is 9.84 Å². The molecular weight excluding hydrogens is 284 g/mol. The fourth-order valence-electron chi connectivity index (χ4n) is 2.09. The maximum Gasteiger partial charge on any atom is 0.137 e. The number of hydrogen-bond donors (Lipinski definition) is 1. The van der Waals surface area contributed by atoms with Crippen molar-refractivity contribution in [3.63, 3.8) is 0 Å². The molecule has 0 fully saturated rings. The summed E-state index contributed by atoms with van der Waals surface area (Å²) in [5.74, 6) is 0.679. The van der Waals surface area contributed by atoms with Crippen LogP contribution in [0.15, 0.2) is 42.2 Å². The van der Waals surface area contributed by atoms with Crippen LogP contribution in [0.2, 0.25) is 0 Å². The summed E-state index contributed by atoms with van der Waals surface area (Å²) >= 11 is 1.61. The fourth-order valence-corrected chi connectivity index (χ4v) is 2.88. The summed E-state index contributed by atoms with van der Waals surface area (Å²) in [4.78, 5) is 8.49. The van der Waals surface area contributed by atoms with Gasteiger partial charge in [-0.3, -0.25) is 9.97 Å². The number of pyridine rings is 2. The van der Waals surface area contributed by atoms with E-state index in [-0.39, 0.29) is 0 Å². The minimum absolute atomic E-state index is 0.643. The third-order valence-electron chi connectivity index (χ3n) is 3.16. The zero-order valence-corrected chi connectivity index (χ0v) is 12.5. The Kier molecular flexibility index (Phi) is 4.13. The molecule has 0 bridgehead atoms. The number of fused-ring (bicyclic) bond motifs is 1. The van der Waals surface area contributed by atoms with E-state index in [2.05, 4.69) is 9.97 Å². The Morgan fingerprint density at radius 1 is 1.24 bits per heavy atom. The second-order valence-electron chi connectivity index (χ2n) is 4.78. The largest absolute Gasteiger partial charge is 0.492 e. The molecule has 0 amide bonds. The molecule has 3 rings (SSSR count). The second-order valence-corrected chi connectivity index (χ2v) is 5.73. The molecule has 1 unspecified atom stereocenters. The van der Waals surface area contributed by atoms with Crippen molar-refractivity contribution in [1.82, 2.24) is 9.97 Å². The summed E-state index contributed by atoms with van der Waals surface area (Å²) in [5, 5.41) is 12.5. The van der Waals surface area contributed by atoms with E-state index >= 15 is 0 Å². The average Bonchev–Trinajstić information content (AvgIpc) is 3.00. The highest BCUT2D eigenvalue weighted by molar-refractivity contribution is 7.17. The van der Waals surface area contributed by atoms with Crippen molar-refractivity contribution in [3.8, 4) is 5.75 Å². The van der Waals surface area contributed by atoms with E-state index in [1.54, 1.807) is 29.9 Å². The number of nitrogens with zero attached hydrogens (tertiary/aromatic N) is 2. The highest BCUT2D eigenvalue weighted by atomic mass is 32.1. The van der Waals surface area contributed by atoms with Gasteiger partial charge in [0.15, 0.2) is 0 Å². The van der Waals surface area contributed by atoms with Crippen molar-refractivity contribution >= 4 is 21.6 Å². The lowest BCUT2D eigenvalue weighted by Gasteiger charge is -2.12. The van der Waals surface area contributed by atoms with Crippen LogP contribution in [-0.2, 0) is 0 Å². The molecule has 0 spiro atoms. The summed E-state index contributed by atoms with van der Waals surface area (Å²) in [5.41, 5.74) is 2.43. The van der Waals surface area contributed by atoms with Crippen LogP contribution < -0.4 is 4.74 Å². The number of aliphatic hydroxyl groups is 1. The molecule has 1 atom stereocenters. The Balaban J connectivity index is 1.88. The highest BCUT2D eigenvalue weighted by Crippen LogP contribution is 2.27. The quantitative estimate of drug-likeness (QED) is 0.782. The molecule has 3 aromatic heterocycles. The van der Waals surface area contributed by atoms with Gasteiger partial charge in [0.05, 0.1) is 23.0 Å². The topological polar surface area (TPSA) is 55.2 Å². The van der Waals surface area contributed by atoms with Gasteiger partial charge in [0.25, 0.3) is 0 Å². The monoisotopic (exact) mass is 300 g/mol. The van der Waals surface area contributed by atoms with E-state index in [0.29, 0.717) is 17.9 Å². The standard InChI is InChI=1S/C16H16N2O2S/c1-2-4-20-13-6-11(8-17-10-13)16(19)12-7-15-14(18-9-12)3-5-21-15/h3,5-10,16,19H,2,4H2,1H3. The maximum absolute atomic E-state index is 10.5. The molecule has 0 saturated carbocycles. The van der Waals surface area contributed by atoms with Crippen LogP contribution in [0.5, 0.6) is 5.75 Å².